The summed E-state index contributed by atoms with van der Waals surface area (Å²) in [6.45, 7) is -0.998. The Kier molecular flexibility index (Phi) is 3.82. The summed E-state index contributed by atoms with van der Waals surface area (Å²) in [6.07, 6.45) is -5.48. The Morgan fingerprint density at radius 3 is 2.61 bits per heavy atom. The summed E-state index contributed by atoms with van der Waals surface area (Å²) in [4.78, 5) is 25.8. The molecular formula is C15H14F3NO3S. The van der Waals surface area contributed by atoms with Crippen molar-refractivity contribution < 1.29 is 27.9 Å². The van der Waals surface area contributed by atoms with E-state index in [2.05, 4.69) is 0 Å². The lowest BCUT2D eigenvalue weighted by Crippen LogP contribution is -2.48. The van der Waals surface area contributed by atoms with E-state index in [1.54, 1.807) is 12.1 Å². The van der Waals surface area contributed by atoms with Crippen LogP contribution >= 0.6 is 11.8 Å². The fraction of sp³-hybridized carbons (Fsp3) is 0.467. The second-order valence-corrected chi connectivity index (χ2v) is 6.86. The quantitative estimate of drug-likeness (QED) is 0.895. The van der Waals surface area contributed by atoms with Crippen LogP contribution < -0.4 is 0 Å². The van der Waals surface area contributed by atoms with E-state index in [1.807, 2.05) is 12.1 Å². The number of rotatable bonds is 2. The Morgan fingerprint density at radius 2 is 2.00 bits per heavy atom. The van der Waals surface area contributed by atoms with Gasteiger partial charge in [-0.25, -0.2) is 0 Å². The van der Waals surface area contributed by atoms with Gasteiger partial charge in [0.05, 0.1) is 5.92 Å². The first-order valence-corrected chi connectivity index (χ1v) is 8.05. The molecule has 8 heteroatoms. The van der Waals surface area contributed by atoms with Crippen molar-refractivity contribution in [1.82, 2.24) is 4.90 Å². The summed E-state index contributed by atoms with van der Waals surface area (Å²) in [5.41, 5.74) is -2.05. The van der Waals surface area contributed by atoms with E-state index in [4.69, 9.17) is 5.11 Å². The van der Waals surface area contributed by atoms with Crippen LogP contribution in [0.1, 0.15) is 17.9 Å². The largest absolute Gasteiger partial charge is 0.481 e. The lowest BCUT2D eigenvalue weighted by atomic mass is 9.86. The number of carboxylic acid groups (broad SMARTS) is 1. The summed E-state index contributed by atoms with van der Waals surface area (Å²) < 4.78 is 39.6. The maximum Gasteiger partial charge on any atom is 0.406 e. The van der Waals surface area contributed by atoms with Gasteiger partial charge in [0.25, 0.3) is 0 Å². The molecule has 3 rings (SSSR count). The number of likely N-dealkylation sites (tertiary alicyclic amines) is 1. The molecular weight excluding hydrogens is 331 g/mol. The number of amides is 1. The zero-order chi connectivity index (χ0) is 16.8. The maximum absolute atomic E-state index is 13.2. The predicted octanol–water partition coefficient (Wildman–Crippen LogP) is 2.74. The van der Waals surface area contributed by atoms with Gasteiger partial charge in [0.1, 0.15) is 0 Å². The normalized spacial score (nSPS) is 27.1. The molecule has 0 saturated carbocycles. The number of fused-ring (bicyclic) bond motifs is 1. The molecule has 1 N–H and O–H groups in total. The van der Waals surface area contributed by atoms with Crippen molar-refractivity contribution in [2.45, 2.75) is 23.4 Å². The predicted molar refractivity (Wildman–Crippen MR) is 77.2 cm³/mol. The van der Waals surface area contributed by atoms with Crippen LogP contribution in [0.5, 0.6) is 0 Å². The Hall–Kier alpha value is -1.70. The first-order chi connectivity index (χ1) is 10.8. The van der Waals surface area contributed by atoms with Crippen LogP contribution in [0.25, 0.3) is 0 Å². The molecule has 124 valence electrons. The number of aliphatic carboxylic acids is 1. The molecule has 1 aromatic rings. The Morgan fingerprint density at radius 1 is 1.30 bits per heavy atom. The molecule has 1 fully saturated rings. The fourth-order valence-corrected chi connectivity index (χ4v) is 4.33. The summed E-state index contributed by atoms with van der Waals surface area (Å²) in [6, 6.07) is 7.29. The van der Waals surface area contributed by atoms with Crippen molar-refractivity contribution in [1.29, 1.82) is 0 Å². The number of carbonyl (C=O) groups excluding carboxylic acids is 1. The lowest BCUT2D eigenvalue weighted by molar-refractivity contribution is -0.227. The van der Waals surface area contributed by atoms with Crippen LogP contribution in [0, 0.1) is 5.41 Å². The zero-order valence-electron chi connectivity index (χ0n) is 12.0. The third kappa shape index (κ3) is 2.49. The van der Waals surface area contributed by atoms with Gasteiger partial charge in [0.2, 0.25) is 5.91 Å². The molecule has 1 aromatic carbocycles. The van der Waals surface area contributed by atoms with E-state index in [0.717, 1.165) is 15.4 Å². The first-order valence-electron chi connectivity index (χ1n) is 7.07. The Balaban J connectivity index is 1.82. The van der Waals surface area contributed by atoms with Crippen molar-refractivity contribution in [2.75, 3.05) is 18.8 Å². The molecule has 2 atom stereocenters. The number of thioether (sulfide) groups is 1. The molecule has 1 amide bonds. The van der Waals surface area contributed by atoms with Crippen molar-refractivity contribution in [3.63, 3.8) is 0 Å². The molecule has 0 aliphatic carbocycles. The summed E-state index contributed by atoms with van der Waals surface area (Å²) in [7, 11) is 0. The van der Waals surface area contributed by atoms with Crippen LogP contribution in [0.15, 0.2) is 29.2 Å². The van der Waals surface area contributed by atoms with E-state index < -0.39 is 42.4 Å². The summed E-state index contributed by atoms with van der Waals surface area (Å²) in [5.74, 6) is -2.37. The third-order valence-electron chi connectivity index (χ3n) is 4.53. The van der Waals surface area contributed by atoms with E-state index in [-0.39, 0.29) is 6.54 Å². The second kappa shape index (κ2) is 5.43. The van der Waals surface area contributed by atoms with Crippen molar-refractivity contribution in [3.8, 4) is 0 Å². The number of hydrogen-bond donors (Lipinski definition) is 1. The van der Waals surface area contributed by atoms with Gasteiger partial charge in [0.15, 0.2) is 5.41 Å². The zero-order valence-corrected chi connectivity index (χ0v) is 12.8. The molecule has 23 heavy (non-hydrogen) atoms. The first kappa shape index (κ1) is 16.2. The second-order valence-electron chi connectivity index (χ2n) is 5.80. The molecule has 2 aliphatic rings. The van der Waals surface area contributed by atoms with Gasteiger partial charge in [-0.1, -0.05) is 18.2 Å². The number of benzene rings is 1. The average Bonchev–Trinajstić information content (AvgIpc) is 3.11. The Bertz CT molecular complexity index is 664. The van der Waals surface area contributed by atoms with Crippen molar-refractivity contribution in [3.05, 3.63) is 29.8 Å². The standard InChI is InChI=1S/C15H14F3NO3S/c16-15(17,18)14(13(21)22)5-6-19(8-14)12(20)10-7-23-11-4-2-1-3-9(10)11/h1-4,10H,5-8H2,(H,21,22). The minimum Gasteiger partial charge on any atom is -0.481 e. The SMILES string of the molecule is O=C(C1CSc2ccccc21)N1CCC(C(=O)O)(C(F)(F)F)C1. The molecule has 0 aromatic heterocycles. The summed E-state index contributed by atoms with van der Waals surface area (Å²) >= 11 is 1.49. The lowest BCUT2D eigenvalue weighted by Gasteiger charge is -2.28. The average molecular weight is 345 g/mol. The maximum atomic E-state index is 13.2. The topological polar surface area (TPSA) is 57.6 Å². The molecule has 4 nitrogen and oxygen atoms in total. The number of nitrogens with zero attached hydrogens (tertiary/aromatic N) is 1. The molecule has 2 aliphatic heterocycles. The number of halogens is 3. The fourth-order valence-electron chi connectivity index (χ4n) is 3.11. The van der Waals surface area contributed by atoms with Crippen molar-refractivity contribution >= 4 is 23.6 Å². The van der Waals surface area contributed by atoms with Gasteiger partial charge in [-0.05, 0) is 18.1 Å². The number of alkyl halides is 3. The van der Waals surface area contributed by atoms with Crippen molar-refractivity contribution in [2.24, 2.45) is 5.41 Å². The molecule has 0 bridgehead atoms. The van der Waals surface area contributed by atoms with E-state index in [0.29, 0.717) is 5.75 Å². The molecule has 0 spiro atoms. The van der Waals surface area contributed by atoms with Crippen LogP contribution in [0.4, 0.5) is 13.2 Å². The number of hydrogen-bond acceptors (Lipinski definition) is 3. The monoisotopic (exact) mass is 345 g/mol. The smallest absolute Gasteiger partial charge is 0.406 e. The minimum atomic E-state index is -4.88. The minimum absolute atomic E-state index is 0.187. The number of carboxylic acids is 1. The van der Waals surface area contributed by atoms with Crippen LogP contribution in [0.2, 0.25) is 0 Å². The van der Waals surface area contributed by atoms with Gasteiger partial charge in [-0.2, -0.15) is 13.2 Å². The van der Waals surface area contributed by atoms with Gasteiger partial charge in [-0.3, -0.25) is 9.59 Å². The van der Waals surface area contributed by atoms with Gasteiger partial charge < -0.3 is 10.0 Å². The highest BCUT2D eigenvalue weighted by atomic mass is 32.2. The van der Waals surface area contributed by atoms with E-state index >= 15 is 0 Å². The van der Waals surface area contributed by atoms with E-state index in [9.17, 15) is 22.8 Å². The van der Waals surface area contributed by atoms with Gasteiger partial charge in [0, 0.05) is 23.7 Å². The molecule has 2 unspecified atom stereocenters. The molecule has 2 heterocycles. The van der Waals surface area contributed by atoms with Crippen LogP contribution in [-0.4, -0.2) is 46.9 Å². The van der Waals surface area contributed by atoms with Crippen LogP contribution in [-0.2, 0) is 9.59 Å². The molecule has 1 saturated heterocycles. The van der Waals surface area contributed by atoms with Crippen LogP contribution in [0.3, 0.4) is 0 Å². The van der Waals surface area contributed by atoms with E-state index in [1.165, 1.54) is 11.8 Å². The molecule has 0 radical (unpaired) electrons. The highest BCUT2D eigenvalue weighted by Gasteiger charge is 2.64. The third-order valence-corrected chi connectivity index (χ3v) is 5.71. The highest BCUT2D eigenvalue weighted by Crippen LogP contribution is 2.47. The van der Waals surface area contributed by atoms with Gasteiger partial charge in [-0.15, -0.1) is 11.8 Å². The summed E-state index contributed by atoms with van der Waals surface area (Å²) in [5, 5.41) is 9.06. The Labute approximate surface area is 134 Å². The number of carbonyl (C=O) groups is 2. The highest BCUT2D eigenvalue weighted by molar-refractivity contribution is 7.99. The van der Waals surface area contributed by atoms with Gasteiger partial charge >= 0.3 is 12.1 Å².